The fraction of sp³-hybridized carbons (Fsp3) is 0.182. The van der Waals surface area contributed by atoms with Crippen molar-refractivity contribution in [3.05, 3.63) is 161 Å². The fourth-order valence-corrected chi connectivity index (χ4v) is 6.55. The molecular weight excluding hydrogens is 542 g/mol. The topological polar surface area (TPSA) is 3.24 Å². The van der Waals surface area contributed by atoms with Crippen LogP contribution < -0.4 is 4.90 Å². The lowest BCUT2D eigenvalue weighted by atomic mass is 9.95. The van der Waals surface area contributed by atoms with Gasteiger partial charge in [0.05, 0.1) is 0 Å². The molecule has 0 aliphatic heterocycles. The van der Waals surface area contributed by atoms with Gasteiger partial charge >= 0.3 is 0 Å². The maximum atomic E-state index is 2.37. The van der Waals surface area contributed by atoms with Crippen molar-refractivity contribution in [1.82, 2.24) is 0 Å². The Hall–Kier alpha value is -4.88. The van der Waals surface area contributed by atoms with Crippen LogP contribution in [0.3, 0.4) is 0 Å². The molecule has 0 saturated carbocycles. The van der Waals surface area contributed by atoms with E-state index in [0.717, 1.165) is 29.9 Å². The van der Waals surface area contributed by atoms with Crippen LogP contribution in [0.25, 0.3) is 33.4 Å². The summed E-state index contributed by atoms with van der Waals surface area (Å²) >= 11 is 0. The molecule has 6 aromatic carbocycles. The molecule has 0 saturated heterocycles. The number of hydrogen-bond donors (Lipinski definition) is 0. The molecule has 0 aromatic heterocycles. The summed E-state index contributed by atoms with van der Waals surface area (Å²) in [5.41, 5.74) is 19.0. The number of aryl methyl sites for hydroxylation is 6. The lowest BCUT2D eigenvalue weighted by Gasteiger charge is -2.26. The Bertz CT molecular complexity index is 1830. The van der Waals surface area contributed by atoms with Crippen molar-refractivity contribution in [2.75, 3.05) is 4.90 Å². The predicted octanol–water partition coefficient (Wildman–Crippen LogP) is 12.5. The van der Waals surface area contributed by atoms with Crippen molar-refractivity contribution < 1.29 is 0 Å². The molecule has 1 heteroatoms. The van der Waals surface area contributed by atoms with Gasteiger partial charge in [0.1, 0.15) is 0 Å². The molecule has 0 unspecified atom stereocenters. The van der Waals surface area contributed by atoms with Crippen LogP contribution in [-0.4, -0.2) is 0 Å². The highest BCUT2D eigenvalue weighted by atomic mass is 15.1. The second-order valence-electron chi connectivity index (χ2n) is 12.3. The zero-order valence-corrected chi connectivity index (χ0v) is 27.5. The van der Waals surface area contributed by atoms with E-state index in [0.29, 0.717) is 0 Å². The van der Waals surface area contributed by atoms with Gasteiger partial charge in [-0.25, -0.2) is 0 Å². The Morgan fingerprint density at radius 3 is 1.07 bits per heavy atom. The third kappa shape index (κ3) is 6.35. The molecular formula is C44H43N. The maximum absolute atomic E-state index is 2.37. The molecule has 224 valence electrons. The molecule has 0 spiro atoms. The van der Waals surface area contributed by atoms with Crippen LogP contribution in [0.1, 0.15) is 47.2 Å². The average Bonchev–Trinajstić information content (AvgIpc) is 3.06. The van der Waals surface area contributed by atoms with Gasteiger partial charge in [-0.2, -0.15) is 0 Å². The molecule has 1 nitrogen and oxygen atoms in total. The molecule has 0 aliphatic rings. The first kappa shape index (κ1) is 30.2. The fourth-order valence-electron chi connectivity index (χ4n) is 6.55. The van der Waals surface area contributed by atoms with Crippen molar-refractivity contribution in [3.8, 4) is 33.4 Å². The number of anilines is 3. The van der Waals surface area contributed by atoms with E-state index in [9.17, 15) is 0 Å². The summed E-state index contributed by atoms with van der Waals surface area (Å²) in [5.74, 6) is 0. The third-order valence-corrected chi connectivity index (χ3v) is 8.97. The third-order valence-electron chi connectivity index (χ3n) is 8.97. The summed E-state index contributed by atoms with van der Waals surface area (Å²) in [6.45, 7) is 13.2. The molecule has 0 N–H and O–H groups in total. The molecule has 6 rings (SSSR count). The molecule has 0 aliphatic carbocycles. The Labute approximate surface area is 269 Å². The van der Waals surface area contributed by atoms with Gasteiger partial charge in [-0.15, -0.1) is 0 Å². The van der Waals surface area contributed by atoms with E-state index in [1.165, 1.54) is 66.8 Å². The van der Waals surface area contributed by atoms with Crippen LogP contribution in [0, 0.1) is 27.7 Å². The zero-order chi connectivity index (χ0) is 31.5. The van der Waals surface area contributed by atoms with Crippen LogP contribution in [-0.2, 0) is 12.8 Å². The number of rotatable bonds is 8. The largest absolute Gasteiger partial charge is 0.311 e. The molecule has 0 heterocycles. The Balaban J connectivity index is 1.41. The lowest BCUT2D eigenvalue weighted by Crippen LogP contribution is -2.10. The second-order valence-corrected chi connectivity index (χ2v) is 12.3. The number of benzene rings is 6. The number of hydrogen-bond acceptors (Lipinski definition) is 1. The van der Waals surface area contributed by atoms with Crippen LogP contribution >= 0.6 is 0 Å². The summed E-state index contributed by atoms with van der Waals surface area (Å²) in [6, 6.07) is 47.4. The molecule has 0 bridgehead atoms. The van der Waals surface area contributed by atoms with Gasteiger partial charge in [-0.05, 0) is 127 Å². The summed E-state index contributed by atoms with van der Waals surface area (Å²) in [6.07, 6.45) is 2.04. The summed E-state index contributed by atoms with van der Waals surface area (Å²) in [5, 5.41) is 0. The van der Waals surface area contributed by atoms with Crippen molar-refractivity contribution in [1.29, 1.82) is 0 Å². The SMILES string of the molecule is CCc1cc(C)ccc1-c1ccc(N(c2ccc(-c3ccc(C)cc3C)cc2)c2ccc(-c3ccc(C)cc3CC)cc2)cc1. The lowest BCUT2D eigenvalue weighted by molar-refractivity contribution is 1.13. The quantitative estimate of drug-likeness (QED) is 0.172. The first-order valence-electron chi connectivity index (χ1n) is 16.2. The predicted molar refractivity (Wildman–Crippen MR) is 195 cm³/mol. The first-order valence-corrected chi connectivity index (χ1v) is 16.2. The molecule has 0 radical (unpaired) electrons. The standard InChI is InChI=1S/C44H43N/c1-7-34-28-31(4)10-25-43(34)37-14-20-40(21-15-37)45(39-18-12-36(13-19-39)42-24-9-30(3)27-33(42)6)41-22-16-38(17-23-41)44-26-11-32(5)29-35(44)8-2/h9-29H,7-8H2,1-6H3. The van der Waals surface area contributed by atoms with Gasteiger partial charge in [-0.3, -0.25) is 0 Å². The Kier molecular flexibility index (Phi) is 8.71. The van der Waals surface area contributed by atoms with Gasteiger partial charge in [0.2, 0.25) is 0 Å². The average molecular weight is 586 g/mol. The van der Waals surface area contributed by atoms with Gasteiger partial charge < -0.3 is 4.90 Å². The highest BCUT2D eigenvalue weighted by Gasteiger charge is 2.15. The summed E-state index contributed by atoms with van der Waals surface area (Å²) in [7, 11) is 0. The molecule has 0 amide bonds. The van der Waals surface area contributed by atoms with Crippen molar-refractivity contribution in [2.24, 2.45) is 0 Å². The van der Waals surface area contributed by atoms with Crippen molar-refractivity contribution in [3.63, 3.8) is 0 Å². The zero-order valence-electron chi connectivity index (χ0n) is 27.5. The second kappa shape index (κ2) is 13.0. The van der Waals surface area contributed by atoms with Crippen LogP contribution in [0.15, 0.2) is 127 Å². The van der Waals surface area contributed by atoms with E-state index in [1.807, 2.05) is 0 Å². The van der Waals surface area contributed by atoms with Crippen LogP contribution in [0.2, 0.25) is 0 Å². The van der Waals surface area contributed by atoms with E-state index >= 15 is 0 Å². The monoisotopic (exact) mass is 585 g/mol. The van der Waals surface area contributed by atoms with Gasteiger partial charge in [-0.1, -0.05) is 122 Å². The highest BCUT2D eigenvalue weighted by molar-refractivity contribution is 5.82. The number of nitrogens with zero attached hydrogens (tertiary/aromatic N) is 1. The van der Waals surface area contributed by atoms with Gasteiger partial charge in [0.15, 0.2) is 0 Å². The van der Waals surface area contributed by atoms with E-state index in [-0.39, 0.29) is 0 Å². The van der Waals surface area contributed by atoms with E-state index in [1.54, 1.807) is 0 Å². The van der Waals surface area contributed by atoms with E-state index in [4.69, 9.17) is 0 Å². The van der Waals surface area contributed by atoms with Crippen LogP contribution in [0.4, 0.5) is 17.1 Å². The normalized spacial score (nSPS) is 11.1. The first-order chi connectivity index (χ1) is 21.8. The van der Waals surface area contributed by atoms with Gasteiger partial charge in [0, 0.05) is 17.1 Å². The molecule has 0 fully saturated rings. The smallest absolute Gasteiger partial charge is 0.0462 e. The minimum absolute atomic E-state index is 1.02. The Morgan fingerprint density at radius 2 is 0.711 bits per heavy atom. The Morgan fingerprint density at radius 1 is 0.378 bits per heavy atom. The molecule has 45 heavy (non-hydrogen) atoms. The van der Waals surface area contributed by atoms with E-state index < -0.39 is 0 Å². The molecule has 0 atom stereocenters. The summed E-state index contributed by atoms with van der Waals surface area (Å²) < 4.78 is 0. The van der Waals surface area contributed by atoms with E-state index in [2.05, 4.69) is 174 Å². The minimum Gasteiger partial charge on any atom is -0.311 e. The highest BCUT2D eigenvalue weighted by Crippen LogP contribution is 2.39. The minimum atomic E-state index is 1.02. The maximum Gasteiger partial charge on any atom is 0.0462 e. The summed E-state index contributed by atoms with van der Waals surface area (Å²) in [4.78, 5) is 2.37. The molecule has 6 aromatic rings. The van der Waals surface area contributed by atoms with Crippen molar-refractivity contribution >= 4 is 17.1 Å². The van der Waals surface area contributed by atoms with Crippen LogP contribution in [0.5, 0.6) is 0 Å². The van der Waals surface area contributed by atoms with Gasteiger partial charge in [0.25, 0.3) is 0 Å². The van der Waals surface area contributed by atoms with Crippen molar-refractivity contribution in [2.45, 2.75) is 54.4 Å².